The molecule has 5 rings (SSSR count). The first kappa shape index (κ1) is 56.4. The first-order valence-electron chi connectivity index (χ1n) is 25.3. The Labute approximate surface area is 419 Å². The van der Waals surface area contributed by atoms with Crippen molar-refractivity contribution in [2.45, 2.75) is 127 Å². The number of amides is 3. The molecule has 0 spiro atoms. The van der Waals surface area contributed by atoms with Gasteiger partial charge in [-0.15, -0.1) is 0 Å². The maximum atomic E-state index is 13.0. The molecule has 1 aromatic rings. The molecule has 17 nitrogen and oxygen atoms in total. The minimum absolute atomic E-state index is 0.0939. The number of hydrogen-bond donors (Lipinski definition) is 7. The average Bonchev–Trinajstić information content (AvgIpc) is 4.08. The van der Waals surface area contributed by atoms with Crippen LogP contribution in [0.4, 0.5) is 0 Å². The molecule has 0 aliphatic carbocycles. The van der Waals surface area contributed by atoms with Crippen LogP contribution in [0.1, 0.15) is 87.4 Å². The van der Waals surface area contributed by atoms with Crippen molar-refractivity contribution in [3.05, 3.63) is 29.8 Å². The van der Waals surface area contributed by atoms with Gasteiger partial charge in [0.25, 0.3) is 0 Å². The van der Waals surface area contributed by atoms with Gasteiger partial charge in [-0.05, 0) is 51.4 Å². The summed E-state index contributed by atoms with van der Waals surface area (Å²) in [5.41, 5.74) is 12.4. The van der Waals surface area contributed by atoms with E-state index in [2.05, 4.69) is 57.5 Å². The second-order valence-electron chi connectivity index (χ2n) is 19.3. The van der Waals surface area contributed by atoms with Crippen molar-refractivity contribution in [1.29, 1.82) is 0 Å². The van der Waals surface area contributed by atoms with Gasteiger partial charge < -0.3 is 42.2 Å². The number of ether oxygens (including phenoxy) is 4. The molecule has 20 heteroatoms. The van der Waals surface area contributed by atoms with Crippen molar-refractivity contribution in [2.24, 2.45) is 21.5 Å². The molecule has 4 aliphatic heterocycles. The molecule has 0 unspecified atom stereocenters. The van der Waals surface area contributed by atoms with E-state index in [1.165, 1.54) is 16.4 Å². The SMILES string of the molecule is [CH3][Sn]([CH3])([CH3])[c]1cccc(C(=O)NCCOCCOCCN(CC(=O)NCCCCOCCCCC[C@@H]2SC[C@@H]3NC(N)=N[C@@H]32)CC(=O)NCCCCOCCCCC[C@@H]2SC[C@@H]3NC(N)=N[C@@H]32)c1. The Morgan fingerprint density at radius 2 is 1.15 bits per heavy atom. The van der Waals surface area contributed by atoms with E-state index in [0.717, 1.165) is 88.9 Å². The van der Waals surface area contributed by atoms with Gasteiger partial charge in [-0.1, -0.05) is 25.7 Å². The van der Waals surface area contributed by atoms with E-state index in [-0.39, 0.29) is 30.8 Å². The van der Waals surface area contributed by atoms with E-state index in [0.29, 0.717) is 118 Å². The first-order chi connectivity index (χ1) is 33.0. The standard InChI is InChI=1S/C45H75N10O7S2.3CH3.Sn/c46-44-51-35-32-63-37(41(35)53-44)16-6-2-10-22-59-24-12-8-18-48-39(56)30-55(21-27-62-29-28-61-26-20-50-43(58)34-14-4-1-5-15-34)31-40(57)49-19-9-13-25-60-23-11-3-7-17-38-42-36(33-64-38)52-45(47)54-42;;;;/h1,4,14-15,35-38,41-42H,2-3,6-13,16-33H2,(H,48,56)(H,49,57)(H,50,58)(H3,46,51,53)(H3,47,52,54);3*1H3;/t35-,36-,37-,38-,41-,42-;;;;/m0..../s1. The molecule has 0 saturated carbocycles. The molecule has 0 bridgehead atoms. The predicted octanol–water partition coefficient (Wildman–Crippen LogP) is 2.78. The Kier molecular flexibility index (Phi) is 26.3. The van der Waals surface area contributed by atoms with Gasteiger partial charge >= 0.3 is 125 Å². The van der Waals surface area contributed by atoms with Crippen LogP contribution in [0.3, 0.4) is 0 Å². The Hall–Kier alpha value is -2.53. The van der Waals surface area contributed by atoms with Crippen molar-refractivity contribution < 1.29 is 33.3 Å². The van der Waals surface area contributed by atoms with Crippen molar-refractivity contribution in [1.82, 2.24) is 31.5 Å². The van der Waals surface area contributed by atoms with Crippen molar-refractivity contribution in [2.75, 3.05) is 104 Å². The normalized spacial score (nSPS) is 21.8. The summed E-state index contributed by atoms with van der Waals surface area (Å²) in [7, 11) is 0. The quantitative estimate of drug-likeness (QED) is 0.0376. The number of guanidine groups is 2. The molecule has 4 heterocycles. The maximum absolute atomic E-state index is 13.0. The molecule has 0 aromatic heterocycles. The monoisotopic (exact) mass is 1100 g/mol. The van der Waals surface area contributed by atoms with E-state index in [9.17, 15) is 14.4 Å². The molecule has 0 radical (unpaired) electrons. The van der Waals surface area contributed by atoms with E-state index >= 15 is 0 Å². The van der Waals surface area contributed by atoms with Crippen LogP contribution in [0.15, 0.2) is 34.3 Å². The average molecular weight is 1100 g/mol. The van der Waals surface area contributed by atoms with Crippen molar-refractivity contribution >= 4 is 75.1 Å². The van der Waals surface area contributed by atoms with E-state index in [4.69, 9.17) is 30.4 Å². The third-order valence-electron chi connectivity index (χ3n) is 12.6. The third kappa shape index (κ3) is 21.4. The van der Waals surface area contributed by atoms with E-state index in [1.54, 1.807) is 0 Å². The van der Waals surface area contributed by atoms with Crippen LogP contribution in [0.5, 0.6) is 0 Å². The van der Waals surface area contributed by atoms with E-state index in [1.807, 2.05) is 46.6 Å². The number of rotatable bonds is 37. The fourth-order valence-corrected chi connectivity index (χ4v) is 15.1. The molecule has 1 aromatic carbocycles. The van der Waals surface area contributed by atoms with Crippen LogP contribution in [-0.4, -0.2) is 191 Å². The number of carbonyl (C=O) groups is 3. The van der Waals surface area contributed by atoms with Crippen LogP contribution < -0.4 is 41.6 Å². The Balaban J connectivity index is 0.883. The van der Waals surface area contributed by atoms with Crippen LogP contribution in [-0.2, 0) is 28.5 Å². The number of nitrogens with one attached hydrogen (secondary N) is 5. The fraction of sp³-hybridized carbons (Fsp3) is 0.771. The van der Waals surface area contributed by atoms with Gasteiger partial charge in [-0.2, -0.15) is 23.5 Å². The zero-order chi connectivity index (χ0) is 48.4. The number of aliphatic imine (C=N–C) groups is 2. The van der Waals surface area contributed by atoms with E-state index < -0.39 is 18.4 Å². The molecular formula is C48H84N10O7S2Sn. The number of unbranched alkanes of at least 4 members (excludes halogenated alkanes) is 6. The number of hydrogen-bond acceptors (Lipinski definition) is 16. The molecule has 4 aliphatic rings. The summed E-state index contributed by atoms with van der Waals surface area (Å²) < 4.78 is 24.6. The van der Waals surface area contributed by atoms with Gasteiger partial charge in [-0.25, -0.2) is 9.98 Å². The number of nitrogens with zero attached hydrogens (tertiary/aromatic N) is 3. The third-order valence-corrected chi connectivity index (χ3v) is 21.4. The second-order valence-corrected chi connectivity index (χ2v) is 36.4. The predicted molar refractivity (Wildman–Crippen MR) is 280 cm³/mol. The summed E-state index contributed by atoms with van der Waals surface area (Å²) in [6.45, 7) is 6.40. The van der Waals surface area contributed by atoms with Gasteiger partial charge in [0, 0.05) is 68.1 Å². The van der Waals surface area contributed by atoms with Crippen molar-refractivity contribution in [3.8, 4) is 0 Å². The summed E-state index contributed by atoms with van der Waals surface area (Å²) in [5.74, 6) is 3.00. The first-order valence-corrected chi connectivity index (χ1v) is 37.4. The van der Waals surface area contributed by atoms with Gasteiger partial charge in [0.15, 0.2) is 11.9 Å². The Bertz CT molecular complexity index is 1650. The summed E-state index contributed by atoms with van der Waals surface area (Å²) in [5, 5.41) is 16.6. The molecule has 9 N–H and O–H groups in total. The minimum atomic E-state index is -2.27. The zero-order valence-electron chi connectivity index (χ0n) is 41.2. The number of carbonyl (C=O) groups excluding carboxylic acids is 3. The van der Waals surface area contributed by atoms with Crippen LogP contribution in [0, 0.1) is 0 Å². The summed E-state index contributed by atoms with van der Waals surface area (Å²) in [4.78, 5) is 56.6. The van der Waals surface area contributed by atoms with Crippen molar-refractivity contribution in [3.63, 3.8) is 0 Å². The summed E-state index contributed by atoms with van der Waals surface area (Å²) in [6, 6.07) is 9.43. The molecule has 68 heavy (non-hydrogen) atoms. The Morgan fingerprint density at radius 1 is 0.647 bits per heavy atom. The van der Waals surface area contributed by atoms with Crippen LogP contribution in [0.25, 0.3) is 0 Å². The molecule has 2 fully saturated rings. The fourth-order valence-electron chi connectivity index (χ4n) is 8.74. The topological polar surface area (TPSA) is 228 Å². The second kappa shape index (κ2) is 31.7. The Morgan fingerprint density at radius 3 is 1.68 bits per heavy atom. The molecule has 384 valence electrons. The molecule has 2 saturated heterocycles. The van der Waals surface area contributed by atoms with Crippen LogP contribution >= 0.6 is 23.5 Å². The van der Waals surface area contributed by atoms with Gasteiger partial charge in [-0.3, -0.25) is 14.5 Å². The molecule has 3 amide bonds. The molecule has 6 atom stereocenters. The summed E-state index contributed by atoms with van der Waals surface area (Å²) in [6.07, 6.45) is 12.4. The number of benzene rings is 1. The number of nitrogens with two attached hydrogens (primary N) is 2. The molecular weight excluding hydrogens is 1010 g/mol. The van der Waals surface area contributed by atoms with Gasteiger partial charge in [0.05, 0.1) is 37.3 Å². The zero-order valence-corrected chi connectivity index (χ0v) is 45.7. The summed E-state index contributed by atoms with van der Waals surface area (Å²) >= 11 is 1.75. The van der Waals surface area contributed by atoms with Gasteiger partial charge in [0.1, 0.15) is 0 Å². The number of thioether (sulfide) groups is 2. The van der Waals surface area contributed by atoms with Crippen LogP contribution in [0.2, 0.25) is 14.8 Å². The number of fused-ring (bicyclic) bond motifs is 2. The van der Waals surface area contributed by atoms with Gasteiger partial charge in [0.2, 0.25) is 11.8 Å².